The first-order valence-corrected chi connectivity index (χ1v) is 8.34. The summed E-state index contributed by atoms with van der Waals surface area (Å²) < 4.78 is 0. The van der Waals surface area contributed by atoms with E-state index < -0.39 is 0 Å². The first kappa shape index (κ1) is 14.5. The Labute approximate surface area is 132 Å². The van der Waals surface area contributed by atoms with Crippen LogP contribution in [0.3, 0.4) is 0 Å². The molecule has 1 saturated carbocycles. The van der Waals surface area contributed by atoms with Gasteiger partial charge in [0.05, 0.1) is 0 Å². The third-order valence-electron chi connectivity index (χ3n) is 5.73. The maximum absolute atomic E-state index is 6.27. The van der Waals surface area contributed by atoms with Crippen LogP contribution in [0, 0.1) is 16.7 Å². The van der Waals surface area contributed by atoms with E-state index in [2.05, 4.69) is 32.9 Å². The minimum atomic E-state index is 0.358. The van der Waals surface area contributed by atoms with Crippen molar-refractivity contribution in [2.45, 2.75) is 40.0 Å². The average molecular weight is 309 g/mol. The van der Waals surface area contributed by atoms with Crippen LogP contribution < -0.4 is 0 Å². The number of hydrogen-bond acceptors (Lipinski definition) is 0. The topological polar surface area (TPSA) is 0 Å². The van der Waals surface area contributed by atoms with Crippen LogP contribution >= 0.6 is 23.2 Å². The fraction of sp³-hybridized carbons (Fsp3) is 0.556. The lowest BCUT2D eigenvalue weighted by molar-refractivity contribution is 0.163. The van der Waals surface area contributed by atoms with Crippen LogP contribution in [-0.2, 0) is 0 Å². The van der Waals surface area contributed by atoms with Crippen molar-refractivity contribution in [2.75, 3.05) is 5.88 Å². The summed E-state index contributed by atoms with van der Waals surface area (Å²) in [5, 5.41) is 0.795. The van der Waals surface area contributed by atoms with Gasteiger partial charge in [0.2, 0.25) is 0 Å². The summed E-state index contributed by atoms with van der Waals surface area (Å²) in [6.07, 6.45) is 3.65. The predicted octanol–water partition coefficient (Wildman–Crippen LogP) is 6.18. The molecule has 108 valence electrons. The molecule has 0 heterocycles. The highest BCUT2D eigenvalue weighted by molar-refractivity contribution is 6.30. The number of hydrogen-bond donors (Lipinski definition) is 0. The Morgan fingerprint density at radius 1 is 1.15 bits per heavy atom. The van der Waals surface area contributed by atoms with Crippen LogP contribution in [0.15, 0.2) is 29.8 Å². The third kappa shape index (κ3) is 2.12. The fourth-order valence-electron chi connectivity index (χ4n) is 4.23. The molecule has 2 atom stereocenters. The van der Waals surface area contributed by atoms with Crippen molar-refractivity contribution in [2.24, 2.45) is 16.7 Å². The lowest BCUT2D eigenvalue weighted by Gasteiger charge is -2.42. The standard InChI is InChI=1S/C18H22Cl2/c1-12-8-18(12)9-14(11-19)16(10-17(18,2)3)13-4-6-15(20)7-5-13/h4-7,12H,8-11H2,1-3H3. The summed E-state index contributed by atoms with van der Waals surface area (Å²) in [7, 11) is 0. The van der Waals surface area contributed by atoms with Crippen LogP contribution in [0.1, 0.15) is 45.6 Å². The van der Waals surface area contributed by atoms with E-state index in [9.17, 15) is 0 Å². The van der Waals surface area contributed by atoms with Gasteiger partial charge in [-0.05, 0) is 59.3 Å². The largest absolute Gasteiger partial charge is 0.122 e. The Balaban J connectivity index is 2.02. The molecule has 0 aliphatic heterocycles. The Bertz CT molecular complexity index is 553. The van der Waals surface area contributed by atoms with Crippen molar-refractivity contribution < 1.29 is 0 Å². The molecule has 2 unspecified atom stereocenters. The molecule has 0 N–H and O–H groups in total. The Morgan fingerprint density at radius 3 is 2.25 bits per heavy atom. The molecule has 1 spiro atoms. The first-order chi connectivity index (χ1) is 9.39. The molecular formula is C18H22Cl2. The van der Waals surface area contributed by atoms with Gasteiger partial charge in [-0.25, -0.2) is 0 Å². The van der Waals surface area contributed by atoms with Crippen molar-refractivity contribution in [3.8, 4) is 0 Å². The highest BCUT2D eigenvalue weighted by Crippen LogP contribution is 2.70. The van der Waals surface area contributed by atoms with E-state index in [1.807, 2.05) is 12.1 Å². The zero-order chi connectivity index (χ0) is 14.5. The molecule has 2 aliphatic rings. The maximum atomic E-state index is 6.27. The van der Waals surface area contributed by atoms with E-state index in [-0.39, 0.29) is 0 Å². The van der Waals surface area contributed by atoms with Crippen LogP contribution in [0.5, 0.6) is 0 Å². The van der Waals surface area contributed by atoms with Gasteiger partial charge in [0.1, 0.15) is 0 Å². The lowest BCUT2D eigenvalue weighted by atomic mass is 9.62. The summed E-state index contributed by atoms with van der Waals surface area (Å²) in [6.45, 7) is 7.25. The van der Waals surface area contributed by atoms with E-state index in [0.717, 1.165) is 17.4 Å². The molecule has 2 heteroatoms. The summed E-state index contributed by atoms with van der Waals surface area (Å²) in [5.74, 6) is 1.49. The highest BCUT2D eigenvalue weighted by Gasteiger charge is 2.61. The second-order valence-electron chi connectivity index (χ2n) is 7.22. The smallest absolute Gasteiger partial charge is 0.0439 e. The van der Waals surface area contributed by atoms with Crippen molar-refractivity contribution in [3.63, 3.8) is 0 Å². The summed E-state index contributed by atoms with van der Waals surface area (Å²) >= 11 is 12.3. The lowest BCUT2D eigenvalue weighted by Crippen LogP contribution is -2.32. The van der Waals surface area contributed by atoms with Crippen molar-refractivity contribution in [1.29, 1.82) is 0 Å². The molecule has 2 aliphatic carbocycles. The van der Waals surface area contributed by atoms with Gasteiger partial charge in [-0.2, -0.15) is 0 Å². The maximum Gasteiger partial charge on any atom is 0.0439 e. The van der Waals surface area contributed by atoms with E-state index in [1.54, 1.807) is 0 Å². The van der Waals surface area contributed by atoms with Gasteiger partial charge >= 0.3 is 0 Å². The second-order valence-corrected chi connectivity index (χ2v) is 7.93. The molecule has 1 aromatic rings. The van der Waals surface area contributed by atoms with Gasteiger partial charge in [0.15, 0.2) is 0 Å². The Hall–Kier alpha value is -0.460. The normalized spacial score (nSPS) is 31.8. The molecule has 0 aromatic heterocycles. The van der Waals surface area contributed by atoms with Gasteiger partial charge in [-0.3, -0.25) is 0 Å². The van der Waals surface area contributed by atoms with E-state index in [1.165, 1.54) is 29.6 Å². The number of halogens is 2. The number of rotatable bonds is 2. The summed E-state index contributed by atoms with van der Waals surface area (Å²) in [4.78, 5) is 0. The zero-order valence-corrected chi connectivity index (χ0v) is 14.0. The van der Waals surface area contributed by atoms with Crippen LogP contribution in [0.4, 0.5) is 0 Å². The summed E-state index contributed by atoms with van der Waals surface area (Å²) in [5.41, 5.74) is 5.04. The number of benzene rings is 1. The van der Waals surface area contributed by atoms with E-state index in [4.69, 9.17) is 23.2 Å². The zero-order valence-electron chi connectivity index (χ0n) is 12.5. The molecule has 3 rings (SSSR count). The molecule has 1 aromatic carbocycles. The fourth-order valence-corrected chi connectivity index (χ4v) is 4.61. The Morgan fingerprint density at radius 2 is 1.75 bits per heavy atom. The van der Waals surface area contributed by atoms with Crippen LogP contribution in [0.2, 0.25) is 5.02 Å². The SMILES string of the molecule is CC1CC12CC(CCl)=C(c1ccc(Cl)cc1)CC2(C)C. The molecule has 0 amide bonds. The minimum Gasteiger partial charge on any atom is -0.122 e. The van der Waals surface area contributed by atoms with Crippen molar-refractivity contribution in [1.82, 2.24) is 0 Å². The van der Waals surface area contributed by atoms with Gasteiger partial charge in [-0.1, -0.05) is 50.1 Å². The molecule has 0 nitrogen and oxygen atoms in total. The third-order valence-corrected chi connectivity index (χ3v) is 6.30. The van der Waals surface area contributed by atoms with Gasteiger partial charge in [0, 0.05) is 10.9 Å². The monoisotopic (exact) mass is 308 g/mol. The average Bonchev–Trinajstić information content (AvgIpc) is 3.06. The predicted molar refractivity (Wildman–Crippen MR) is 88.3 cm³/mol. The summed E-state index contributed by atoms with van der Waals surface area (Å²) in [6, 6.07) is 8.23. The molecule has 20 heavy (non-hydrogen) atoms. The van der Waals surface area contributed by atoms with E-state index >= 15 is 0 Å². The van der Waals surface area contributed by atoms with Crippen molar-refractivity contribution in [3.05, 3.63) is 40.4 Å². The molecule has 0 radical (unpaired) electrons. The molecule has 0 saturated heterocycles. The quantitative estimate of drug-likeness (QED) is 0.572. The second kappa shape index (κ2) is 4.78. The molecule has 0 bridgehead atoms. The van der Waals surface area contributed by atoms with Gasteiger partial charge in [0.25, 0.3) is 0 Å². The van der Waals surface area contributed by atoms with Gasteiger partial charge < -0.3 is 0 Å². The highest BCUT2D eigenvalue weighted by atomic mass is 35.5. The van der Waals surface area contributed by atoms with Crippen LogP contribution in [0.25, 0.3) is 5.57 Å². The van der Waals surface area contributed by atoms with Crippen LogP contribution in [-0.4, -0.2) is 5.88 Å². The molecule has 1 fully saturated rings. The first-order valence-electron chi connectivity index (χ1n) is 7.42. The van der Waals surface area contributed by atoms with E-state index in [0.29, 0.717) is 16.7 Å². The molecular weight excluding hydrogens is 287 g/mol. The number of alkyl halides is 1. The van der Waals surface area contributed by atoms with Gasteiger partial charge in [-0.15, -0.1) is 11.6 Å². The van der Waals surface area contributed by atoms with Crippen molar-refractivity contribution >= 4 is 28.8 Å². The Kier molecular flexibility index (Phi) is 3.46. The minimum absolute atomic E-state index is 0.358. The number of allylic oxidation sites excluding steroid dienone is 2.